The summed E-state index contributed by atoms with van der Waals surface area (Å²) in [5.41, 5.74) is 4.60. The molecule has 2 amide bonds. The summed E-state index contributed by atoms with van der Waals surface area (Å²) in [6.07, 6.45) is 3.62. The molecule has 1 aromatic heterocycles. The Bertz CT molecular complexity index is 1040. The van der Waals surface area contributed by atoms with E-state index in [9.17, 15) is 9.59 Å². The predicted molar refractivity (Wildman–Crippen MR) is 130 cm³/mol. The fraction of sp³-hybridized carbons (Fsp3) is 0.407. The summed E-state index contributed by atoms with van der Waals surface area (Å²) >= 11 is 0. The van der Waals surface area contributed by atoms with Crippen molar-refractivity contribution in [3.05, 3.63) is 71.4 Å². The summed E-state index contributed by atoms with van der Waals surface area (Å²) in [4.78, 5) is 32.9. The van der Waals surface area contributed by atoms with Crippen molar-refractivity contribution in [3.63, 3.8) is 0 Å². The molecule has 5 heteroatoms. The molecule has 1 N–H and O–H groups in total. The van der Waals surface area contributed by atoms with Gasteiger partial charge in [0, 0.05) is 42.7 Å². The lowest BCUT2D eigenvalue weighted by atomic mass is 10.1. The largest absolute Gasteiger partial charge is 0.361 e. The van der Waals surface area contributed by atoms with E-state index in [4.69, 9.17) is 0 Å². The first-order chi connectivity index (χ1) is 15.4. The molecule has 0 radical (unpaired) electrons. The van der Waals surface area contributed by atoms with E-state index in [0.29, 0.717) is 19.6 Å². The number of fused-ring (bicyclic) bond motifs is 1. The summed E-state index contributed by atoms with van der Waals surface area (Å²) in [5, 5.41) is 1.19. The number of aromatic nitrogens is 1. The molecule has 3 rings (SSSR count). The van der Waals surface area contributed by atoms with Crippen molar-refractivity contribution in [2.75, 3.05) is 19.6 Å². The number of rotatable bonds is 10. The van der Waals surface area contributed by atoms with Crippen LogP contribution in [0.1, 0.15) is 43.9 Å². The van der Waals surface area contributed by atoms with Crippen molar-refractivity contribution in [2.24, 2.45) is 5.92 Å². The van der Waals surface area contributed by atoms with Crippen LogP contribution < -0.4 is 0 Å². The Morgan fingerprint density at radius 3 is 2.38 bits per heavy atom. The maximum Gasteiger partial charge on any atom is 0.242 e. The highest BCUT2D eigenvalue weighted by molar-refractivity contribution is 5.86. The molecular formula is C27H35N3O2. The van der Waals surface area contributed by atoms with Crippen LogP contribution in [0.5, 0.6) is 0 Å². The molecule has 3 aromatic rings. The summed E-state index contributed by atoms with van der Waals surface area (Å²) in [6.45, 7) is 9.74. The highest BCUT2D eigenvalue weighted by atomic mass is 16.2. The van der Waals surface area contributed by atoms with Crippen LogP contribution in [0.15, 0.2) is 54.7 Å². The van der Waals surface area contributed by atoms with Crippen molar-refractivity contribution >= 4 is 22.7 Å². The maximum atomic E-state index is 13.4. The third kappa shape index (κ3) is 6.00. The molecule has 1 heterocycles. The van der Waals surface area contributed by atoms with E-state index in [0.717, 1.165) is 23.9 Å². The third-order valence-corrected chi connectivity index (χ3v) is 5.80. The van der Waals surface area contributed by atoms with Crippen LogP contribution in [-0.2, 0) is 22.6 Å². The van der Waals surface area contributed by atoms with Gasteiger partial charge in [-0.05, 0) is 37.0 Å². The zero-order valence-electron chi connectivity index (χ0n) is 19.7. The van der Waals surface area contributed by atoms with Crippen LogP contribution in [0.3, 0.4) is 0 Å². The van der Waals surface area contributed by atoms with Crippen LogP contribution in [-0.4, -0.2) is 46.2 Å². The van der Waals surface area contributed by atoms with Gasteiger partial charge in [-0.2, -0.15) is 0 Å². The molecule has 5 nitrogen and oxygen atoms in total. The molecule has 32 heavy (non-hydrogen) atoms. The molecule has 0 aliphatic heterocycles. The van der Waals surface area contributed by atoms with Gasteiger partial charge in [0.25, 0.3) is 0 Å². The second-order valence-corrected chi connectivity index (χ2v) is 8.82. The zero-order chi connectivity index (χ0) is 23.1. The van der Waals surface area contributed by atoms with Crippen molar-refractivity contribution in [1.29, 1.82) is 0 Å². The van der Waals surface area contributed by atoms with Crippen LogP contribution in [0, 0.1) is 12.8 Å². The van der Waals surface area contributed by atoms with Gasteiger partial charge in [0.2, 0.25) is 11.8 Å². The molecule has 0 fully saturated rings. The lowest BCUT2D eigenvalue weighted by Gasteiger charge is -2.28. The van der Waals surface area contributed by atoms with Gasteiger partial charge >= 0.3 is 0 Å². The number of nitrogens with zero attached hydrogens (tertiary/aromatic N) is 2. The molecule has 0 atom stereocenters. The smallest absolute Gasteiger partial charge is 0.242 e. The SMILES string of the molecule is CCCN(CC(=O)N(CCc1c[nH]c2ccccc12)Cc1ccc(C)cc1)C(=O)C(C)C. The second kappa shape index (κ2) is 11.0. The number of hydrogen-bond donors (Lipinski definition) is 1. The number of H-pyrrole nitrogens is 1. The van der Waals surface area contributed by atoms with Crippen molar-refractivity contribution in [1.82, 2.24) is 14.8 Å². The molecule has 0 saturated carbocycles. The Hall–Kier alpha value is -3.08. The Morgan fingerprint density at radius 2 is 1.69 bits per heavy atom. The fourth-order valence-corrected chi connectivity index (χ4v) is 3.97. The Morgan fingerprint density at radius 1 is 0.969 bits per heavy atom. The van der Waals surface area contributed by atoms with E-state index in [1.165, 1.54) is 16.5 Å². The number of hydrogen-bond acceptors (Lipinski definition) is 2. The van der Waals surface area contributed by atoms with E-state index in [2.05, 4.69) is 48.3 Å². The number of nitrogens with one attached hydrogen (secondary N) is 1. The fourth-order valence-electron chi connectivity index (χ4n) is 3.97. The highest BCUT2D eigenvalue weighted by Gasteiger charge is 2.23. The second-order valence-electron chi connectivity index (χ2n) is 8.82. The normalized spacial score (nSPS) is 11.2. The van der Waals surface area contributed by atoms with E-state index in [1.807, 2.05) is 44.0 Å². The number of para-hydroxylation sites is 1. The van der Waals surface area contributed by atoms with Gasteiger partial charge in [-0.1, -0.05) is 68.8 Å². The Labute approximate surface area is 191 Å². The van der Waals surface area contributed by atoms with Crippen LogP contribution >= 0.6 is 0 Å². The third-order valence-electron chi connectivity index (χ3n) is 5.80. The number of carbonyl (C=O) groups is 2. The van der Waals surface area contributed by atoms with Gasteiger partial charge in [0.1, 0.15) is 0 Å². The predicted octanol–water partition coefficient (Wildman–Crippen LogP) is 4.94. The molecule has 2 aromatic carbocycles. The number of aryl methyl sites for hydroxylation is 1. The maximum absolute atomic E-state index is 13.4. The molecule has 0 aliphatic carbocycles. The number of benzene rings is 2. The van der Waals surface area contributed by atoms with Gasteiger partial charge in [-0.3, -0.25) is 9.59 Å². The van der Waals surface area contributed by atoms with Crippen LogP contribution in [0.2, 0.25) is 0 Å². The monoisotopic (exact) mass is 433 g/mol. The van der Waals surface area contributed by atoms with E-state index in [-0.39, 0.29) is 24.3 Å². The minimum Gasteiger partial charge on any atom is -0.361 e. The van der Waals surface area contributed by atoms with Gasteiger partial charge < -0.3 is 14.8 Å². The molecule has 0 bridgehead atoms. The zero-order valence-corrected chi connectivity index (χ0v) is 19.7. The first-order valence-electron chi connectivity index (χ1n) is 11.6. The summed E-state index contributed by atoms with van der Waals surface area (Å²) in [7, 11) is 0. The minimum absolute atomic E-state index is 0.00661. The topological polar surface area (TPSA) is 56.4 Å². The van der Waals surface area contributed by atoms with Gasteiger partial charge in [-0.25, -0.2) is 0 Å². The van der Waals surface area contributed by atoms with Gasteiger partial charge in [-0.15, -0.1) is 0 Å². The quantitative estimate of drug-likeness (QED) is 0.492. The van der Waals surface area contributed by atoms with Gasteiger partial charge in [0.05, 0.1) is 6.54 Å². The lowest BCUT2D eigenvalue weighted by molar-refractivity contribution is -0.142. The minimum atomic E-state index is -0.119. The summed E-state index contributed by atoms with van der Waals surface area (Å²) in [5.74, 6) is -0.0916. The molecule has 0 saturated heterocycles. The van der Waals surface area contributed by atoms with Crippen LogP contribution in [0.4, 0.5) is 0 Å². The molecule has 0 unspecified atom stereocenters. The molecule has 0 aliphatic rings. The Kier molecular flexibility index (Phi) is 8.09. The molecule has 0 spiro atoms. The van der Waals surface area contributed by atoms with Crippen molar-refractivity contribution < 1.29 is 9.59 Å². The first kappa shape index (κ1) is 23.6. The van der Waals surface area contributed by atoms with Crippen molar-refractivity contribution in [3.8, 4) is 0 Å². The first-order valence-corrected chi connectivity index (χ1v) is 11.6. The van der Waals surface area contributed by atoms with E-state index >= 15 is 0 Å². The van der Waals surface area contributed by atoms with Gasteiger partial charge in [0.15, 0.2) is 0 Å². The standard InChI is InChI=1S/C27H35N3O2/c1-5-15-30(27(32)20(2)3)19-26(31)29(18-22-12-10-21(4)11-13-22)16-14-23-17-28-25-9-7-6-8-24(23)25/h6-13,17,20,28H,5,14-16,18-19H2,1-4H3. The molecular weight excluding hydrogens is 398 g/mol. The average Bonchev–Trinajstić information content (AvgIpc) is 3.20. The summed E-state index contributed by atoms with van der Waals surface area (Å²) in [6, 6.07) is 16.5. The van der Waals surface area contributed by atoms with Crippen LogP contribution in [0.25, 0.3) is 10.9 Å². The van der Waals surface area contributed by atoms with E-state index < -0.39 is 0 Å². The van der Waals surface area contributed by atoms with Crippen molar-refractivity contribution in [2.45, 2.75) is 47.1 Å². The summed E-state index contributed by atoms with van der Waals surface area (Å²) < 4.78 is 0. The number of aromatic amines is 1. The average molecular weight is 434 g/mol. The Balaban J connectivity index is 1.78. The number of carbonyl (C=O) groups excluding carboxylic acids is 2. The number of amides is 2. The van der Waals surface area contributed by atoms with E-state index in [1.54, 1.807) is 4.90 Å². The molecule has 170 valence electrons. The lowest BCUT2D eigenvalue weighted by Crippen LogP contribution is -2.44. The highest BCUT2D eigenvalue weighted by Crippen LogP contribution is 2.19.